The maximum Gasteiger partial charge on any atom is 3.00 e. The molecule has 0 amide bonds. The minimum atomic E-state index is 0. The smallest absolute Gasteiger partial charge is 0.454 e. The molecule has 12 heteroatoms. The molecule has 25 rings (SSSR count). The van der Waals surface area contributed by atoms with Crippen molar-refractivity contribution in [2.45, 2.75) is 115 Å². The third kappa shape index (κ3) is 16.4. The van der Waals surface area contributed by atoms with Gasteiger partial charge in [-0.25, -0.2) is 0 Å². The molecule has 0 saturated heterocycles. The van der Waals surface area contributed by atoms with Gasteiger partial charge in [-0.1, -0.05) is 239 Å². The fourth-order valence-electron chi connectivity index (χ4n) is 21.4. The van der Waals surface area contributed by atoms with Crippen LogP contribution < -0.4 is 0 Å². The number of imidazole rings is 3. The van der Waals surface area contributed by atoms with E-state index in [0.29, 0.717) is 11.8 Å². The zero-order valence-corrected chi connectivity index (χ0v) is 83.4. The van der Waals surface area contributed by atoms with Crippen molar-refractivity contribution in [2.75, 3.05) is 0 Å². The SMILES string of the molecule is CCC(C)c1c[c-]c(-c2nccn2-c2c(C)cc(C)cc2C)cc1.CCC(C)c1cc(-c2ccc3oc4c(-n5c6ccccc6c6ccccc65)cccc4c3c2)cc(-c2ccc3oc4c(-n5c6ccccc6c6ccccc65)cc(-n5c6ccccc6c6ccccc65)cc4c3c2)c1.Cc1cc(C)c(-n2ccnc2-c2[c-]cccc2)c(C)c1.Cc1cc(C)c(-n2ccnc2-c2[c-]cccc2)c(C)c1.[Ir+3]. The number of furan rings is 2. The fraction of sp³-hybridized carbons (Fsp3) is 0.133. The Morgan fingerprint density at radius 3 is 1.01 bits per heavy atom. The van der Waals surface area contributed by atoms with E-state index in [1.54, 1.807) is 0 Å². The van der Waals surface area contributed by atoms with Crippen LogP contribution in [-0.4, -0.2) is 42.4 Å². The predicted octanol–water partition coefficient (Wildman–Crippen LogP) is 33.9. The van der Waals surface area contributed by atoms with E-state index >= 15 is 0 Å². The van der Waals surface area contributed by atoms with Crippen molar-refractivity contribution in [3.63, 3.8) is 0 Å². The van der Waals surface area contributed by atoms with E-state index in [1.165, 1.54) is 133 Å². The van der Waals surface area contributed by atoms with E-state index in [2.05, 4.69) is 436 Å². The van der Waals surface area contributed by atoms with Gasteiger partial charge in [0.2, 0.25) is 0 Å². The number of benzene rings is 17. The van der Waals surface area contributed by atoms with Gasteiger partial charge in [-0.15, -0.1) is 107 Å². The van der Waals surface area contributed by atoms with Crippen molar-refractivity contribution in [3.8, 4) is 90.5 Å². The molecule has 0 N–H and O–H groups in total. The molecule has 2 atom stereocenters. The van der Waals surface area contributed by atoms with Crippen molar-refractivity contribution in [3.05, 3.63) is 450 Å². The van der Waals surface area contributed by atoms with Gasteiger partial charge in [0.1, 0.15) is 11.2 Å². The van der Waals surface area contributed by atoms with Crippen LogP contribution in [0.5, 0.6) is 0 Å². The molecular weight excluding hydrogens is 1890 g/mol. The summed E-state index contributed by atoms with van der Waals surface area (Å²) in [6.07, 6.45) is 13.8. The van der Waals surface area contributed by atoms with Crippen LogP contribution in [0.2, 0.25) is 0 Å². The minimum Gasteiger partial charge on any atom is -0.454 e. The van der Waals surface area contributed by atoms with E-state index in [-0.39, 0.29) is 20.1 Å². The fourth-order valence-corrected chi connectivity index (χ4v) is 21.4. The maximum atomic E-state index is 7.12. The predicted molar refractivity (Wildman–Crippen MR) is 578 cm³/mol. The van der Waals surface area contributed by atoms with Crippen molar-refractivity contribution >= 4 is 109 Å². The second-order valence-corrected chi connectivity index (χ2v) is 37.4. The van der Waals surface area contributed by atoms with Gasteiger partial charge in [0, 0.05) is 114 Å². The minimum absolute atomic E-state index is 0. The zero-order chi connectivity index (χ0) is 95.0. The normalized spacial score (nSPS) is 12.0. The van der Waals surface area contributed by atoms with E-state index in [1.807, 2.05) is 85.7 Å². The first-order valence-corrected chi connectivity index (χ1v) is 48.3. The summed E-state index contributed by atoms with van der Waals surface area (Å²) in [7, 11) is 0. The summed E-state index contributed by atoms with van der Waals surface area (Å²) in [5.74, 6) is 3.73. The van der Waals surface area contributed by atoms with Crippen LogP contribution in [0.15, 0.2) is 380 Å². The summed E-state index contributed by atoms with van der Waals surface area (Å²) in [4.78, 5) is 13.6. The maximum absolute atomic E-state index is 7.12. The molecule has 140 heavy (non-hydrogen) atoms. The van der Waals surface area contributed by atoms with E-state index in [4.69, 9.17) is 8.83 Å². The Bertz CT molecular complexity index is 8650. The third-order valence-electron chi connectivity index (χ3n) is 28.0. The molecule has 25 aromatic rings. The van der Waals surface area contributed by atoms with Crippen molar-refractivity contribution in [1.29, 1.82) is 0 Å². The van der Waals surface area contributed by atoms with Crippen molar-refractivity contribution in [2.24, 2.45) is 0 Å². The summed E-state index contributed by atoms with van der Waals surface area (Å²) < 4.78 is 27.6. The van der Waals surface area contributed by atoms with Crippen molar-refractivity contribution in [1.82, 2.24) is 42.4 Å². The first-order chi connectivity index (χ1) is 67.9. The van der Waals surface area contributed by atoms with Gasteiger partial charge in [-0.3, -0.25) is 15.0 Å². The average Bonchev–Trinajstić information content (AvgIpc) is 1.55. The molecule has 0 aliphatic heterocycles. The van der Waals surface area contributed by atoms with Gasteiger partial charge < -0.3 is 36.2 Å². The largest absolute Gasteiger partial charge is 3.00 e. The Morgan fingerprint density at radius 2 is 0.636 bits per heavy atom. The summed E-state index contributed by atoms with van der Waals surface area (Å²) in [6, 6.07) is 130. The molecule has 0 bridgehead atoms. The number of hydrogen-bond donors (Lipinski definition) is 0. The molecule has 2 unspecified atom stereocenters. The molecule has 8 heterocycles. The molecule has 8 aromatic heterocycles. The van der Waals surface area contributed by atoms with Crippen LogP contribution in [0.25, 0.3) is 200 Å². The summed E-state index contributed by atoms with van der Waals surface area (Å²) in [5, 5.41) is 11.7. The first kappa shape index (κ1) is 90.5. The molecule has 0 spiro atoms. The number of aryl methyl sites for hydroxylation is 9. The molecule has 17 aromatic carbocycles. The van der Waals surface area contributed by atoms with Crippen LogP contribution in [0.3, 0.4) is 0 Å². The number of rotatable bonds is 15. The number of nitrogens with zero attached hydrogens (tertiary/aromatic N) is 9. The van der Waals surface area contributed by atoms with Crippen LogP contribution >= 0.6 is 0 Å². The van der Waals surface area contributed by atoms with E-state index in [0.717, 1.165) is 141 Å². The Morgan fingerprint density at radius 1 is 0.286 bits per heavy atom. The Labute approximate surface area is 830 Å². The van der Waals surface area contributed by atoms with Gasteiger partial charge in [-0.2, -0.15) is 0 Å². The standard InChI is InChI=1S/C70H47N3O2.C22H25N2.2C18H17N2.Ir/c1-3-42(2)45-35-46(43-31-33-67-56(38-43)55-23-16-30-65(69(55)74-67)72-61-26-12-6-19-51(61)52-20-7-13-27-62(52)72)37-47(36-45)44-32-34-68-57(39-44)58-40-48(71-59-24-10-4-17-49(59)50-18-5-11-25-60(50)71)41-66(70(58)75-68)73-63-28-14-8-21-53(63)54-22-9-15-29-64(54)73;1-6-16(3)19-7-9-20(10-8-19)22-23-11-12-24(22)21-17(4)13-15(2)14-18(21)5;2*1-13-11-14(2)17(15(3)12-13)20-10-9-19-18(20)16-7-5-4-6-8-16;/h4-42H,3H2,1-2H3;7-9,11-14,16H,6H2,1-5H3;2*4-7,9-12H,1-3H3;/q;3*-1;+3. The molecule has 684 valence electrons. The molecule has 0 fully saturated rings. The van der Waals surface area contributed by atoms with Gasteiger partial charge >= 0.3 is 20.1 Å². The quantitative estimate of drug-likeness (QED) is 0.0953. The molecular formula is C128H106IrN9O2. The summed E-state index contributed by atoms with van der Waals surface area (Å²) in [5.41, 5.74) is 39.0. The molecule has 0 radical (unpaired) electrons. The molecule has 0 aliphatic carbocycles. The summed E-state index contributed by atoms with van der Waals surface area (Å²) >= 11 is 0. The van der Waals surface area contributed by atoms with Gasteiger partial charge in [0.05, 0.1) is 61.9 Å². The molecule has 0 saturated carbocycles. The first-order valence-electron chi connectivity index (χ1n) is 48.3. The van der Waals surface area contributed by atoms with Crippen LogP contribution in [0.4, 0.5) is 0 Å². The van der Waals surface area contributed by atoms with Crippen molar-refractivity contribution < 1.29 is 28.9 Å². The Hall–Kier alpha value is -16.0. The van der Waals surface area contributed by atoms with Gasteiger partial charge in [0.15, 0.2) is 11.2 Å². The number of aromatic nitrogens is 9. The summed E-state index contributed by atoms with van der Waals surface area (Å²) in [6.45, 7) is 28.4. The van der Waals surface area contributed by atoms with Gasteiger partial charge in [0.25, 0.3) is 0 Å². The van der Waals surface area contributed by atoms with Crippen LogP contribution in [0, 0.1) is 80.5 Å². The van der Waals surface area contributed by atoms with E-state index in [9.17, 15) is 0 Å². The van der Waals surface area contributed by atoms with Crippen LogP contribution in [-0.2, 0) is 20.1 Å². The third-order valence-corrected chi connectivity index (χ3v) is 28.0. The van der Waals surface area contributed by atoms with Gasteiger partial charge in [-0.05, 0) is 221 Å². The van der Waals surface area contributed by atoms with E-state index < -0.39 is 0 Å². The molecule has 11 nitrogen and oxygen atoms in total. The number of hydrogen-bond acceptors (Lipinski definition) is 5. The Kier molecular flexibility index (Phi) is 24.5. The van der Waals surface area contributed by atoms with Crippen LogP contribution in [0.1, 0.15) is 114 Å². The topological polar surface area (TPSA) is 94.5 Å². The zero-order valence-electron chi connectivity index (χ0n) is 81.0. The second-order valence-electron chi connectivity index (χ2n) is 37.4. The number of para-hydroxylation sites is 7. The molecule has 0 aliphatic rings. The Balaban J connectivity index is 0.000000144. The monoisotopic (exact) mass is 1990 g/mol. The average molecular weight is 1990 g/mol. The second kappa shape index (κ2) is 37.8. The number of fused-ring (bicyclic) bond motifs is 15.